The van der Waals surface area contributed by atoms with Crippen molar-refractivity contribution in [2.75, 3.05) is 5.32 Å². The lowest BCUT2D eigenvalue weighted by Crippen LogP contribution is -2.28. The highest BCUT2D eigenvalue weighted by Crippen LogP contribution is 2.29. The van der Waals surface area contributed by atoms with Gasteiger partial charge in [0.15, 0.2) is 0 Å². The smallest absolute Gasteiger partial charge is 0.305 e. The highest BCUT2D eigenvalue weighted by atomic mass is 16.6. The summed E-state index contributed by atoms with van der Waals surface area (Å²) in [5, 5.41) is 23.1. The fourth-order valence-electron chi connectivity index (χ4n) is 2.26. The minimum absolute atomic E-state index is 0.0284. The molecule has 1 atom stereocenters. The van der Waals surface area contributed by atoms with E-state index < -0.39 is 10.9 Å². The Morgan fingerprint density at radius 1 is 1.43 bits per heavy atom. The molecule has 0 aliphatic carbocycles. The number of nitro benzene ring substituents is 1. The first kappa shape index (κ1) is 16.9. The van der Waals surface area contributed by atoms with E-state index in [4.69, 9.17) is 5.11 Å². The molecular weight excluding hydrogens is 272 g/mol. The summed E-state index contributed by atoms with van der Waals surface area (Å²) in [6.45, 7) is 7.80. The van der Waals surface area contributed by atoms with Crippen LogP contribution in [0.5, 0.6) is 0 Å². The first-order valence-electron chi connectivity index (χ1n) is 6.82. The van der Waals surface area contributed by atoms with Crippen LogP contribution >= 0.6 is 0 Å². The standard InChI is InChI=1S/C15H22N2O4/c1-10-5-6-12(13(7-10)17(20)21)16-11(8-14(18)19)9-15(2,3)4/h5-7,11,16H,8-9H2,1-4H3,(H,18,19). The topological polar surface area (TPSA) is 92.5 Å². The minimum Gasteiger partial charge on any atom is -0.481 e. The Kier molecular flexibility index (Phi) is 5.29. The van der Waals surface area contributed by atoms with Crippen LogP contribution in [-0.4, -0.2) is 22.0 Å². The Bertz CT molecular complexity index is 535. The van der Waals surface area contributed by atoms with Gasteiger partial charge in [0, 0.05) is 12.1 Å². The van der Waals surface area contributed by atoms with Gasteiger partial charge in [-0.1, -0.05) is 26.8 Å². The van der Waals surface area contributed by atoms with E-state index in [1.807, 2.05) is 20.8 Å². The normalized spacial score (nSPS) is 12.8. The fourth-order valence-corrected chi connectivity index (χ4v) is 2.26. The van der Waals surface area contributed by atoms with Crippen LogP contribution in [0.4, 0.5) is 11.4 Å². The van der Waals surface area contributed by atoms with Crippen molar-refractivity contribution in [3.05, 3.63) is 33.9 Å². The maximum Gasteiger partial charge on any atom is 0.305 e. The third-order valence-corrected chi connectivity index (χ3v) is 2.99. The van der Waals surface area contributed by atoms with Crippen LogP contribution in [0.15, 0.2) is 18.2 Å². The molecule has 0 fully saturated rings. The SMILES string of the molecule is Cc1ccc(NC(CC(=O)O)CC(C)(C)C)c([N+](=O)[O-])c1. The molecule has 116 valence electrons. The highest BCUT2D eigenvalue weighted by Gasteiger charge is 2.24. The Hall–Kier alpha value is -2.11. The van der Waals surface area contributed by atoms with Crippen molar-refractivity contribution in [2.45, 2.75) is 46.6 Å². The molecule has 0 heterocycles. The number of aliphatic carboxylic acids is 1. The van der Waals surface area contributed by atoms with Gasteiger partial charge < -0.3 is 10.4 Å². The maximum atomic E-state index is 11.1. The number of carboxylic acid groups (broad SMARTS) is 1. The first-order chi connectivity index (χ1) is 9.58. The summed E-state index contributed by atoms with van der Waals surface area (Å²) in [6, 6.07) is 4.52. The Labute approximate surface area is 124 Å². The highest BCUT2D eigenvalue weighted by molar-refractivity contribution is 5.69. The molecule has 1 aromatic carbocycles. The average molecular weight is 294 g/mol. The van der Waals surface area contributed by atoms with Crippen molar-refractivity contribution in [2.24, 2.45) is 5.41 Å². The van der Waals surface area contributed by atoms with Crippen LogP contribution in [-0.2, 0) is 4.79 Å². The number of carboxylic acids is 1. The molecular formula is C15H22N2O4. The van der Waals surface area contributed by atoms with Gasteiger partial charge in [-0.05, 0) is 30.4 Å². The van der Waals surface area contributed by atoms with Crippen LogP contribution < -0.4 is 5.32 Å². The molecule has 0 aliphatic heterocycles. The van der Waals surface area contributed by atoms with Crippen LogP contribution in [0.2, 0.25) is 0 Å². The zero-order valence-electron chi connectivity index (χ0n) is 12.8. The number of benzene rings is 1. The number of hydrogen-bond donors (Lipinski definition) is 2. The van der Waals surface area contributed by atoms with Gasteiger partial charge in [0.1, 0.15) is 5.69 Å². The van der Waals surface area contributed by atoms with E-state index in [-0.39, 0.29) is 23.6 Å². The van der Waals surface area contributed by atoms with Crippen molar-refractivity contribution >= 4 is 17.3 Å². The minimum atomic E-state index is -0.925. The number of hydrogen-bond acceptors (Lipinski definition) is 4. The Morgan fingerprint density at radius 2 is 2.05 bits per heavy atom. The summed E-state index contributed by atoms with van der Waals surface area (Å²) < 4.78 is 0. The number of rotatable bonds is 6. The van der Waals surface area contributed by atoms with E-state index in [1.165, 1.54) is 6.07 Å². The lowest BCUT2D eigenvalue weighted by Gasteiger charge is -2.26. The lowest BCUT2D eigenvalue weighted by molar-refractivity contribution is -0.384. The molecule has 0 amide bonds. The molecule has 6 heteroatoms. The second kappa shape index (κ2) is 6.56. The van der Waals surface area contributed by atoms with E-state index in [9.17, 15) is 14.9 Å². The predicted octanol–water partition coefficient (Wildman–Crippen LogP) is 3.59. The molecule has 6 nitrogen and oxygen atoms in total. The average Bonchev–Trinajstić information content (AvgIpc) is 2.28. The number of nitrogens with one attached hydrogen (secondary N) is 1. The molecule has 0 bridgehead atoms. The molecule has 21 heavy (non-hydrogen) atoms. The Morgan fingerprint density at radius 3 is 2.52 bits per heavy atom. The zero-order chi connectivity index (χ0) is 16.2. The van der Waals surface area contributed by atoms with Crippen molar-refractivity contribution in [1.29, 1.82) is 0 Å². The van der Waals surface area contributed by atoms with Crippen molar-refractivity contribution in [3.63, 3.8) is 0 Å². The van der Waals surface area contributed by atoms with Crippen LogP contribution in [0, 0.1) is 22.5 Å². The summed E-state index contributed by atoms with van der Waals surface area (Å²) in [6.07, 6.45) is 0.520. The van der Waals surface area contributed by atoms with Gasteiger partial charge in [-0.3, -0.25) is 14.9 Å². The van der Waals surface area contributed by atoms with Gasteiger partial charge in [0.25, 0.3) is 5.69 Å². The van der Waals surface area contributed by atoms with E-state index in [1.54, 1.807) is 19.1 Å². The molecule has 1 unspecified atom stereocenters. The summed E-state index contributed by atoms with van der Waals surface area (Å²) >= 11 is 0. The summed E-state index contributed by atoms with van der Waals surface area (Å²) in [7, 11) is 0. The van der Waals surface area contributed by atoms with E-state index in [0.29, 0.717) is 12.1 Å². The fraction of sp³-hybridized carbons (Fsp3) is 0.533. The number of nitrogens with zero attached hydrogens (tertiary/aromatic N) is 1. The summed E-state index contributed by atoms with van der Waals surface area (Å²) in [5.74, 6) is -0.925. The monoisotopic (exact) mass is 294 g/mol. The summed E-state index contributed by atoms with van der Waals surface area (Å²) in [4.78, 5) is 21.6. The number of aryl methyl sites for hydroxylation is 1. The second-order valence-electron chi connectivity index (χ2n) is 6.48. The van der Waals surface area contributed by atoms with Gasteiger partial charge in [0.05, 0.1) is 11.3 Å². The molecule has 0 saturated heterocycles. The molecule has 1 rings (SSSR count). The number of nitro groups is 1. The van der Waals surface area contributed by atoms with Crippen molar-refractivity contribution < 1.29 is 14.8 Å². The molecule has 0 spiro atoms. The van der Waals surface area contributed by atoms with Crippen LogP contribution in [0.1, 0.15) is 39.2 Å². The molecule has 0 saturated carbocycles. The second-order valence-corrected chi connectivity index (χ2v) is 6.48. The predicted molar refractivity (Wildman–Crippen MR) is 81.6 cm³/mol. The number of carbonyl (C=O) groups is 1. The van der Waals surface area contributed by atoms with Gasteiger partial charge in [-0.2, -0.15) is 0 Å². The van der Waals surface area contributed by atoms with Gasteiger partial charge in [-0.15, -0.1) is 0 Å². The first-order valence-corrected chi connectivity index (χ1v) is 6.82. The third-order valence-electron chi connectivity index (χ3n) is 2.99. The lowest BCUT2D eigenvalue weighted by atomic mass is 9.87. The van der Waals surface area contributed by atoms with Gasteiger partial charge in [0.2, 0.25) is 0 Å². The zero-order valence-corrected chi connectivity index (χ0v) is 12.8. The molecule has 1 aromatic rings. The van der Waals surface area contributed by atoms with Gasteiger partial charge in [-0.25, -0.2) is 0 Å². The number of anilines is 1. The maximum absolute atomic E-state index is 11.1. The van der Waals surface area contributed by atoms with Crippen molar-refractivity contribution in [3.8, 4) is 0 Å². The molecule has 2 N–H and O–H groups in total. The largest absolute Gasteiger partial charge is 0.481 e. The van der Waals surface area contributed by atoms with Gasteiger partial charge >= 0.3 is 5.97 Å². The Balaban J connectivity index is 3.02. The van der Waals surface area contributed by atoms with Crippen LogP contribution in [0.25, 0.3) is 0 Å². The van der Waals surface area contributed by atoms with Crippen LogP contribution in [0.3, 0.4) is 0 Å². The van der Waals surface area contributed by atoms with E-state index in [0.717, 1.165) is 5.56 Å². The van der Waals surface area contributed by atoms with E-state index in [2.05, 4.69) is 5.32 Å². The molecule has 0 aliphatic rings. The quantitative estimate of drug-likeness (QED) is 0.617. The molecule has 0 aromatic heterocycles. The van der Waals surface area contributed by atoms with Crippen molar-refractivity contribution in [1.82, 2.24) is 0 Å². The summed E-state index contributed by atoms with van der Waals surface area (Å²) in [5.41, 5.74) is 1.05. The van der Waals surface area contributed by atoms with E-state index >= 15 is 0 Å². The molecule has 0 radical (unpaired) electrons. The third kappa shape index (κ3) is 5.81.